The number of pyridine rings is 1. The van der Waals surface area contributed by atoms with Gasteiger partial charge in [-0.25, -0.2) is 9.18 Å². The molecule has 1 aliphatic heterocycles. The zero-order valence-corrected chi connectivity index (χ0v) is 15.8. The number of nitrogens with one attached hydrogen (secondary N) is 1. The molecular weight excluding hydrogens is 397 g/mol. The van der Waals surface area contributed by atoms with Crippen molar-refractivity contribution in [2.75, 3.05) is 38.2 Å². The number of hydrogen-bond acceptors (Lipinski definition) is 5. The van der Waals surface area contributed by atoms with E-state index in [9.17, 15) is 32.0 Å². The summed E-state index contributed by atoms with van der Waals surface area (Å²) in [6.07, 6.45) is 1.29. The molecule has 0 radical (unpaired) electrons. The molecule has 158 valence electrons. The zero-order valence-electron chi connectivity index (χ0n) is 15.8. The van der Waals surface area contributed by atoms with Crippen molar-refractivity contribution >= 4 is 30.1 Å². The summed E-state index contributed by atoms with van der Waals surface area (Å²) in [6, 6.07) is 1.12. The standard InChI is InChI=1S/C17H20FN3O4.BF3/c1-3-20-9-11(17(23)24)15(22)10-8-12(18)14(16(25-2)13(10)20)21-6-4-19-5-7-21;2-1(3)4/h8-9,19H,3-7H2,1-2H3,(H,23,24);. The summed E-state index contributed by atoms with van der Waals surface area (Å²) in [5.74, 6) is -1.67. The van der Waals surface area contributed by atoms with Crippen LogP contribution in [0.4, 0.5) is 23.0 Å². The first-order chi connectivity index (χ1) is 13.7. The zero-order chi connectivity index (χ0) is 21.7. The van der Waals surface area contributed by atoms with Gasteiger partial charge in [-0.15, -0.1) is 0 Å². The van der Waals surface area contributed by atoms with Crippen LogP contribution in [0, 0.1) is 5.82 Å². The summed E-state index contributed by atoms with van der Waals surface area (Å²) in [7, 11) is -2.24. The fraction of sp³-hybridized carbons (Fsp3) is 0.412. The van der Waals surface area contributed by atoms with Crippen LogP contribution in [0.1, 0.15) is 17.3 Å². The number of carboxylic acids is 1. The summed E-state index contributed by atoms with van der Waals surface area (Å²) < 4.78 is 51.0. The highest BCUT2D eigenvalue weighted by Gasteiger charge is 2.26. The van der Waals surface area contributed by atoms with Gasteiger partial charge in [0.15, 0.2) is 11.6 Å². The molecule has 2 N–H and O–H groups in total. The van der Waals surface area contributed by atoms with Crippen molar-refractivity contribution in [2.24, 2.45) is 0 Å². The number of anilines is 1. The van der Waals surface area contributed by atoms with E-state index in [1.54, 1.807) is 4.57 Å². The number of hydrogen-bond donors (Lipinski definition) is 2. The molecule has 1 fully saturated rings. The maximum atomic E-state index is 14.9. The molecule has 3 rings (SSSR count). The smallest absolute Gasteiger partial charge is 0.492 e. The fourth-order valence-electron chi connectivity index (χ4n) is 3.27. The molecule has 29 heavy (non-hydrogen) atoms. The topological polar surface area (TPSA) is 83.8 Å². The number of carboxylic acid groups (broad SMARTS) is 1. The molecule has 0 atom stereocenters. The Balaban J connectivity index is 0.000000687. The van der Waals surface area contributed by atoms with Gasteiger partial charge in [0.2, 0.25) is 5.43 Å². The molecule has 12 heteroatoms. The Hall–Kier alpha value is -2.76. The fourth-order valence-corrected chi connectivity index (χ4v) is 3.27. The Bertz CT molecular complexity index is 946. The van der Waals surface area contributed by atoms with Crippen molar-refractivity contribution in [3.05, 3.63) is 33.9 Å². The van der Waals surface area contributed by atoms with Crippen LogP contribution in [0.25, 0.3) is 10.9 Å². The van der Waals surface area contributed by atoms with Gasteiger partial charge in [-0.05, 0) is 13.0 Å². The minimum absolute atomic E-state index is 0.00924. The minimum atomic E-state index is -3.67. The predicted molar refractivity (Wildman–Crippen MR) is 102 cm³/mol. The van der Waals surface area contributed by atoms with Gasteiger partial charge in [-0.2, -0.15) is 0 Å². The van der Waals surface area contributed by atoms with Gasteiger partial charge in [0, 0.05) is 38.9 Å². The van der Waals surface area contributed by atoms with Gasteiger partial charge in [0.25, 0.3) is 0 Å². The first kappa shape index (κ1) is 22.5. The number of halogens is 4. The van der Waals surface area contributed by atoms with Gasteiger partial charge in [-0.3, -0.25) is 17.7 Å². The first-order valence-corrected chi connectivity index (χ1v) is 8.77. The van der Waals surface area contributed by atoms with E-state index in [0.717, 1.165) is 19.2 Å². The lowest BCUT2D eigenvalue weighted by molar-refractivity contribution is 0.0694. The molecule has 1 aromatic heterocycles. The molecular formula is C17H20BF4N3O4. The Morgan fingerprint density at radius 2 is 1.90 bits per heavy atom. The van der Waals surface area contributed by atoms with E-state index in [1.165, 1.54) is 13.3 Å². The lowest BCUT2D eigenvalue weighted by Crippen LogP contribution is -2.44. The molecule has 1 saturated heterocycles. The number of fused-ring (bicyclic) bond motifs is 1. The Morgan fingerprint density at radius 3 is 2.38 bits per heavy atom. The molecule has 1 aromatic carbocycles. The van der Waals surface area contributed by atoms with Gasteiger partial charge in [0.1, 0.15) is 11.3 Å². The molecule has 2 aromatic rings. The first-order valence-electron chi connectivity index (χ1n) is 8.77. The highest BCUT2D eigenvalue weighted by atomic mass is 19.4. The number of rotatable bonds is 4. The quantitative estimate of drug-likeness (QED) is 0.586. The number of ether oxygens (including phenoxy) is 1. The molecule has 7 nitrogen and oxygen atoms in total. The van der Waals surface area contributed by atoms with Gasteiger partial charge in [0.05, 0.1) is 18.0 Å². The molecule has 0 aliphatic carbocycles. The molecule has 0 saturated carbocycles. The second kappa shape index (κ2) is 9.63. The molecule has 0 spiro atoms. The number of aromatic carboxylic acids is 1. The third-order valence-electron chi connectivity index (χ3n) is 4.45. The van der Waals surface area contributed by atoms with E-state index in [-0.39, 0.29) is 16.7 Å². The molecule has 1 aliphatic rings. The number of carbonyl (C=O) groups is 1. The molecule has 2 heterocycles. The summed E-state index contributed by atoms with van der Waals surface area (Å²) >= 11 is 0. The average molecular weight is 417 g/mol. The predicted octanol–water partition coefficient (Wildman–Crippen LogP) is 2.16. The highest BCUT2D eigenvalue weighted by Crippen LogP contribution is 2.38. The summed E-state index contributed by atoms with van der Waals surface area (Å²) in [6.45, 7) is 4.91. The largest absolute Gasteiger partial charge is 0.762 e. The van der Waals surface area contributed by atoms with E-state index in [0.29, 0.717) is 30.8 Å². The van der Waals surface area contributed by atoms with Crippen molar-refractivity contribution in [1.82, 2.24) is 9.88 Å². The van der Waals surface area contributed by atoms with Crippen LogP contribution in [0.5, 0.6) is 5.75 Å². The maximum Gasteiger partial charge on any atom is 0.762 e. The normalized spacial score (nSPS) is 13.7. The van der Waals surface area contributed by atoms with E-state index in [2.05, 4.69) is 5.32 Å². The van der Waals surface area contributed by atoms with Crippen molar-refractivity contribution in [3.8, 4) is 5.75 Å². The number of aryl methyl sites for hydroxylation is 1. The van der Waals surface area contributed by atoms with E-state index < -0.39 is 24.8 Å². The molecule has 0 amide bonds. The van der Waals surface area contributed by atoms with Gasteiger partial charge < -0.3 is 24.6 Å². The number of aromatic nitrogens is 1. The van der Waals surface area contributed by atoms with E-state index in [4.69, 9.17) is 4.74 Å². The number of piperazine rings is 1. The van der Waals surface area contributed by atoms with Crippen LogP contribution in [0.15, 0.2) is 17.1 Å². The van der Waals surface area contributed by atoms with E-state index >= 15 is 0 Å². The third kappa shape index (κ3) is 4.81. The average Bonchev–Trinajstić information content (AvgIpc) is 2.67. The monoisotopic (exact) mass is 417 g/mol. The number of benzene rings is 1. The van der Waals surface area contributed by atoms with Crippen LogP contribution >= 0.6 is 0 Å². The van der Waals surface area contributed by atoms with Crippen LogP contribution in [0.2, 0.25) is 0 Å². The third-order valence-corrected chi connectivity index (χ3v) is 4.45. The summed E-state index contributed by atoms with van der Waals surface area (Å²) in [4.78, 5) is 25.7. The lowest BCUT2D eigenvalue weighted by Gasteiger charge is -2.31. The Morgan fingerprint density at radius 1 is 1.31 bits per heavy atom. The van der Waals surface area contributed by atoms with E-state index in [1.807, 2.05) is 11.8 Å². The Kier molecular flexibility index (Phi) is 7.49. The molecule has 0 bridgehead atoms. The maximum absolute atomic E-state index is 14.9. The number of nitrogens with zero attached hydrogens (tertiary/aromatic N) is 2. The van der Waals surface area contributed by atoms with Crippen LogP contribution in [0.3, 0.4) is 0 Å². The lowest BCUT2D eigenvalue weighted by atomic mass is 10.1. The Labute approximate surface area is 164 Å². The van der Waals surface area contributed by atoms with Crippen molar-refractivity contribution in [1.29, 1.82) is 0 Å². The van der Waals surface area contributed by atoms with Crippen LogP contribution in [-0.4, -0.2) is 56.5 Å². The number of methoxy groups -OCH3 is 1. The SMILES string of the molecule is CCn1cc(C(=O)O)c(=O)c2cc(F)c(N3CCNCC3)c(OC)c21.FB(F)F. The second-order valence-electron chi connectivity index (χ2n) is 6.08. The van der Waals surface area contributed by atoms with Crippen LogP contribution < -0.4 is 20.4 Å². The molecule has 0 unspecified atom stereocenters. The minimum Gasteiger partial charge on any atom is -0.492 e. The van der Waals surface area contributed by atoms with Gasteiger partial charge in [-0.1, -0.05) is 0 Å². The summed E-state index contributed by atoms with van der Waals surface area (Å²) in [5, 5.41) is 12.5. The van der Waals surface area contributed by atoms with Crippen LogP contribution in [-0.2, 0) is 6.54 Å². The van der Waals surface area contributed by atoms with Crippen molar-refractivity contribution in [3.63, 3.8) is 0 Å². The van der Waals surface area contributed by atoms with Crippen molar-refractivity contribution < 1.29 is 32.0 Å². The highest BCUT2D eigenvalue weighted by molar-refractivity contribution is 6.33. The second-order valence-corrected chi connectivity index (χ2v) is 6.08. The van der Waals surface area contributed by atoms with Gasteiger partial charge >= 0.3 is 13.5 Å². The summed E-state index contributed by atoms with van der Waals surface area (Å²) in [5.41, 5.74) is -0.377. The van der Waals surface area contributed by atoms with Crippen molar-refractivity contribution in [2.45, 2.75) is 13.5 Å².